The summed E-state index contributed by atoms with van der Waals surface area (Å²) in [7, 11) is 0. The lowest BCUT2D eigenvalue weighted by Gasteiger charge is -2.18. The molecule has 0 aromatic heterocycles. The zero-order chi connectivity index (χ0) is 45.8. The molecule has 0 rings (SSSR count). The minimum absolute atomic E-state index is 0.0841. The van der Waals surface area contributed by atoms with Crippen molar-refractivity contribution in [3.63, 3.8) is 0 Å². The van der Waals surface area contributed by atoms with Gasteiger partial charge in [0, 0.05) is 19.3 Å². The van der Waals surface area contributed by atoms with E-state index in [-0.39, 0.29) is 31.1 Å². The Kier molecular flexibility index (Phi) is 49.4. The Bertz CT molecular complexity index is 1150. The second-order valence-corrected chi connectivity index (χ2v) is 17.8. The van der Waals surface area contributed by atoms with Gasteiger partial charge in [-0.3, -0.25) is 14.4 Å². The Morgan fingerprint density at radius 2 is 0.603 bits per heavy atom. The fraction of sp³-hybridized carbons (Fsp3) is 0.772. The molecule has 364 valence electrons. The number of carbonyl (C=O) groups excluding carboxylic acids is 3. The van der Waals surface area contributed by atoms with E-state index in [1.54, 1.807) is 0 Å². The molecule has 0 aromatic rings. The number of esters is 3. The van der Waals surface area contributed by atoms with Crippen molar-refractivity contribution in [3.8, 4) is 0 Å². The standard InChI is InChI=1S/C57H100O6/c1-4-7-10-13-16-19-22-24-26-28-30-31-33-35-38-41-44-47-50-56(59)62-53-54(52-61-55(58)49-46-43-40-37-21-18-15-12-9-6-3)63-57(60)51-48-45-42-39-36-34-32-29-27-25-23-20-17-14-11-8-5-2/h12,15,17,19-20,22,25-28,54H,4-11,13-14,16,18,21,23-24,29-53H2,1-3H3/b15-12-,20-17-,22-19-,27-25-,28-26-. The van der Waals surface area contributed by atoms with E-state index >= 15 is 0 Å². The molecule has 0 aliphatic carbocycles. The molecule has 0 aromatic carbocycles. The highest BCUT2D eigenvalue weighted by Crippen LogP contribution is 2.14. The van der Waals surface area contributed by atoms with Gasteiger partial charge in [-0.05, 0) is 103 Å². The van der Waals surface area contributed by atoms with Crippen molar-refractivity contribution in [2.24, 2.45) is 0 Å². The van der Waals surface area contributed by atoms with E-state index in [0.717, 1.165) is 96.3 Å². The molecule has 0 bridgehead atoms. The average Bonchev–Trinajstić information content (AvgIpc) is 3.28. The fourth-order valence-corrected chi connectivity index (χ4v) is 7.39. The summed E-state index contributed by atoms with van der Waals surface area (Å²) in [6, 6.07) is 0. The third kappa shape index (κ3) is 50.0. The van der Waals surface area contributed by atoms with Crippen LogP contribution in [0.2, 0.25) is 0 Å². The minimum atomic E-state index is -0.784. The number of hydrogen-bond donors (Lipinski definition) is 0. The van der Waals surface area contributed by atoms with Crippen molar-refractivity contribution in [2.75, 3.05) is 13.2 Å². The molecule has 6 nitrogen and oxygen atoms in total. The second-order valence-electron chi connectivity index (χ2n) is 17.8. The summed E-state index contributed by atoms with van der Waals surface area (Å²) >= 11 is 0. The zero-order valence-corrected chi connectivity index (χ0v) is 41.6. The van der Waals surface area contributed by atoms with Crippen LogP contribution in [0.3, 0.4) is 0 Å². The van der Waals surface area contributed by atoms with Crippen molar-refractivity contribution in [2.45, 2.75) is 271 Å². The van der Waals surface area contributed by atoms with Crippen LogP contribution >= 0.6 is 0 Å². The predicted molar refractivity (Wildman–Crippen MR) is 270 cm³/mol. The summed E-state index contributed by atoms with van der Waals surface area (Å²) in [4.78, 5) is 38.0. The van der Waals surface area contributed by atoms with Crippen LogP contribution in [0.4, 0.5) is 0 Å². The quantitative estimate of drug-likeness (QED) is 0.0262. The lowest BCUT2D eigenvalue weighted by atomic mass is 10.1. The first kappa shape index (κ1) is 60.1. The van der Waals surface area contributed by atoms with Crippen molar-refractivity contribution in [1.82, 2.24) is 0 Å². The summed E-state index contributed by atoms with van der Waals surface area (Å²) in [5.74, 6) is -0.905. The monoisotopic (exact) mass is 881 g/mol. The third-order valence-electron chi connectivity index (χ3n) is 11.4. The summed E-state index contributed by atoms with van der Waals surface area (Å²) in [5.41, 5.74) is 0. The first-order valence-electron chi connectivity index (χ1n) is 26.8. The number of hydrogen-bond acceptors (Lipinski definition) is 6. The zero-order valence-electron chi connectivity index (χ0n) is 41.6. The van der Waals surface area contributed by atoms with E-state index in [2.05, 4.69) is 81.5 Å². The first-order chi connectivity index (χ1) is 31.0. The highest BCUT2D eigenvalue weighted by molar-refractivity contribution is 5.71. The van der Waals surface area contributed by atoms with Crippen LogP contribution in [0, 0.1) is 0 Å². The maximum absolute atomic E-state index is 12.8. The van der Waals surface area contributed by atoms with E-state index < -0.39 is 6.10 Å². The van der Waals surface area contributed by atoms with Gasteiger partial charge < -0.3 is 14.2 Å². The van der Waals surface area contributed by atoms with Gasteiger partial charge in [0.1, 0.15) is 13.2 Å². The van der Waals surface area contributed by atoms with Gasteiger partial charge in [-0.2, -0.15) is 0 Å². The molecule has 0 amide bonds. The van der Waals surface area contributed by atoms with Gasteiger partial charge in [-0.15, -0.1) is 0 Å². The molecule has 1 unspecified atom stereocenters. The van der Waals surface area contributed by atoms with Crippen LogP contribution in [0.5, 0.6) is 0 Å². The lowest BCUT2D eigenvalue weighted by molar-refractivity contribution is -0.167. The van der Waals surface area contributed by atoms with Gasteiger partial charge in [-0.25, -0.2) is 0 Å². The van der Waals surface area contributed by atoms with Crippen LogP contribution in [0.15, 0.2) is 60.8 Å². The van der Waals surface area contributed by atoms with Gasteiger partial charge in [0.15, 0.2) is 6.10 Å². The summed E-state index contributed by atoms with van der Waals surface area (Å²) < 4.78 is 16.8. The predicted octanol–water partition coefficient (Wildman–Crippen LogP) is 17.6. The maximum atomic E-state index is 12.8. The van der Waals surface area contributed by atoms with Crippen LogP contribution in [-0.4, -0.2) is 37.2 Å². The van der Waals surface area contributed by atoms with Gasteiger partial charge in [0.05, 0.1) is 0 Å². The minimum Gasteiger partial charge on any atom is -0.462 e. The number of ether oxygens (including phenoxy) is 3. The molecule has 0 fully saturated rings. The van der Waals surface area contributed by atoms with Crippen LogP contribution in [-0.2, 0) is 28.6 Å². The average molecular weight is 881 g/mol. The molecule has 0 aliphatic rings. The molecule has 0 radical (unpaired) electrons. The van der Waals surface area contributed by atoms with Crippen LogP contribution < -0.4 is 0 Å². The Balaban J connectivity index is 4.36. The molecule has 0 spiro atoms. The van der Waals surface area contributed by atoms with Crippen molar-refractivity contribution >= 4 is 17.9 Å². The van der Waals surface area contributed by atoms with Gasteiger partial charge in [0.25, 0.3) is 0 Å². The highest BCUT2D eigenvalue weighted by atomic mass is 16.6. The molecule has 0 heterocycles. The van der Waals surface area contributed by atoms with E-state index in [0.29, 0.717) is 19.3 Å². The SMILES string of the molecule is CCC/C=C\CCCCCCCC(=O)OCC(COC(=O)CCCCCCCCC/C=C\C/C=C\CCCCCC)OC(=O)CCCCCCCCC/C=C\C/C=C\CCCCC. The largest absolute Gasteiger partial charge is 0.462 e. The van der Waals surface area contributed by atoms with Gasteiger partial charge >= 0.3 is 17.9 Å². The first-order valence-corrected chi connectivity index (χ1v) is 26.8. The molecule has 0 saturated heterocycles. The second kappa shape index (κ2) is 51.7. The molecule has 0 N–H and O–H groups in total. The number of rotatable bonds is 48. The number of carbonyl (C=O) groups is 3. The smallest absolute Gasteiger partial charge is 0.306 e. The Hall–Kier alpha value is -2.89. The van der Waals surface area contributed by atoms with Gasteiger partial charge in [-0.1, -0.05) is 204 Å². The van der Waals surface area contributed by atoms with E-state index in [9.17, 15) is 14.4 Å². The number of allylic oxidation sites excluding steroid dienone is 10. The highest BCUT2D eigenvalue weighted by Gasteiger charge is 2.19. The molecule has 0 aliphatic heterocycles. The molecular formula is C57H100O6. The molecule has 63 heavy (non-hydrogen) atoms. The summed E-state index contributed by atoms with van der Waals surface area (Å²) in [6.45, 7) is 6.52. The molecule has 1 atom stereocenters. The normalized spacial score (nSPS) is 12.5. The molecular weight excluding hydrogens is 781 g/mol. The molecule has 0 saturated carbocycles. The lowest BCUT2D eigenvalue weighted by Crippen LogP contribution is -2.30. The van der Waals surface area contributed by atoms with E-state index in [1.807, 2.05) is 0 Å². The number of unbranched alkanes of at least 4 members (excludes halogenated alkanes) is 27. The van der Waals surface area contributed by atoms with Gasteiger partial charge in [0.2, 0.25) is 0 Å². The Labute approximate surface area is 390 Å². The Morgan fingerprint density at radius 1 is 0.317 bits per heavy atom. The van der Waals surface area contributed by atoms with E-state index in [1.165, 1.54) is 128 Å². The van der Waals surface area contributed by atoms with Crippen molar-refractivity contribution in [1.29, 1.82) is 0 Å². The summed E-state index contributed by atoms with van der Waals surface area (Å²) in [6.07, 6.45) is 63.5. The third-order valence-corrected chi connectivity index (χ3v) is 11.4. The summed E-state index contributed by atoms with van der Waals surface area (Å²) in [5, 5.41) is 0. The Morgan fingerprint density at radius 3 is 0.984 bits per heavy atom. The maximum Gasteiger partial charge on any atom is 0.306 e. The van der Waals surface area contributed by atoms with Crippen LogP contribution in [0.1, 0.15) is 265 Å². The fourth-order valence-electron chi connectivity index (χ4n) is 7.39. The van der Waals surface area contributed by atoms with Crippen molar-refractivity contribution in [3.05, 3.63) is 60.8 Å². The van der Waals surface area contributed by atoms with E-state index in [4.69, 9.17) is 14.2 Å². The molecule has 6 heteroatoms. The van der Waals surface area contributed by atoms with Crippen molar-refractivity contribution < 1.29 is 28.6 Å². The van der Waals surface area contributed by atoms with Crippen LogP contribution in [0.25, 0.3) is 0 Å². The topological polar surface area (TPSA) is 78.9 Å².